The maximum absolute atomic E-state index is 11.8. The van der Waals surface area contributed by atoms with E-state index in [1.807, 2.05) is 6.92 Å². The van der Waals surface area contributed by atoms with Gasteiger partial charge in [0.05, 0.1) is 18.9 Å². The van der Waals surface area contributed by atoms with Crippen LogP contribution in [0.15, 0.2) is 18.5 Å². The van der Waals surface area contributed by atoms with Crippen LogP contribution < -0.4 is 10.1 Å². The van der Waals surface area contributed by atoms with Crippen LogP contribution in [0.5, 0.6) is 5.75 Å². The highest BCUT2D eigenvalue weighted by molar-refractivity contribution is 6.17. The van der Waals surface area contributed by atoms with E-state index >= 15 is 0 Å². The molecule has 1 amide bonds. The molecule has 0 aliphatic heterocycles. The molecule has 1 heterocycles. The fraction of sp³-hybridized carbons (Fsp3) is 0.455. The van der Waals surface area contributed by atoms with E-state index in [-0.39, 0.29) is 11.9 Å². The average molecular weight is 243 g/mol. The number of ether oxygens (including phenoxy) is 1. The number of nitrogens with zero attached hydrogens (tertiary/aromatic N) is 1. The predicted molar refractivity (Wildman–Crippen MR) is 63.1 cm³/mol. The Balaban J connectivity index is 2.72. The molecule has 0 spiro atoms. The molecule has 0 saturated heterocycles. The van der Waals surface area contributed by atoms with Crippen molar-refractivity contribution in [2.24, 2.45) is 0 Å². The average Bonchev–Trinajstić information content (AvgIpc) is 2.29. The van der Waals surface area contributed by atoms with Crippen LogP contribution >= 0.6 is 11.6 Å². The zero-order valence-electron chi connectivity index (χ0n) is 9.37. The Bertz CT molecular complexity index is 358. The monoisotopic (exact) mass is 242 g/mol. The predicted octanol–water partition coefficient (Wildman–Crippen LogP) is 1.84. The van der Waals surface area contributed by atoms with E-state index in [9.17, 15) is 4.79 Å². The molecule has 0 bridgehead atoms. The van der Waals surface area contributed by atoms with Gasteiger partial charge in [0.15, 0.2) is 0 Å². The number of carbonyl (C=O) groups excluding carboxylic acids is 1. The summed E-state index contributed by atoms with van der Waals surface area (Å²) < 4.78 is 5.06. The van der Waals surface area contributed by atoms with Crippen LogP contribution in [0, 0.1) is 0 Å². The van der Waals surface area contributed by atoms with E-state index in [0.717, 1.165) is 6.42 Å². The van der Waals surface area contributed by atoms with Crippen molar-refractivity contribution < 1.29 is 9.53 Å². The zero-order valence-corrected chi connectivity index (χ0v) is 10.1. The van der Waals surface area contributed by atoms with E-state index in [0.29, 0.717) is 17.2 Å². The SMILES string of the molecule is COc1cnccc1C(=O)NC(C)CCCl. The van der Waals surface area contributed by atoms with Gasteiger partial charge in [0.25, 0.3) is 5.91 Å². The third-order valence-electron chi connectivity index (χ3n) is 2.17. The number of carbonyl (C=O) groups is 1. The van der Waals surface area contributed by atoms with E-state index in [1.54, 1.807) is 12.3 Å². The largest absolute Gasteiger partial charge is 0.494 e. The summed E-state index contributed by atoms with van der Waals surface area (Å²) in [7, 11) is 1.51. The number of hydrogen-bond acceptors (Lipinski definition) is 3. The second-order valence-electron chi connectivity index (χ2n) is 3.43. The molecular formula is C11H15ClN2O2. The quantitative estimate of drug-likeness (QED) is 0.802. The Labute approximate surface area is 100.0 Å². The minimum Gasteiger partial charge on any atom is -0.494 e. The molecule has 1 rings (SSSR count). The maximum Gasteiger partial charge on any atom is 0.255 e. The molecule has 88 valence electrons. The molecule has 0 fully saturated rings. The minimum absolute atomic E-state index is 0.0443. The standard InChI is InChI=1S/C11H15ClN2O2/c1-8(3-5-12)14-11(15)9-4-6-13-7-10(9)16-2/h4,6-8H,3,5H2,1-2H3,(H,14,15). The summed E-state index contributed by atoms with van der Waals surface area (Å²) >= 11 is 5.60. The molecule has 1 aromatic heterocycles. The molecular weight excluding hydrogens is 228 g/mol. The van der Waals surface area contributed by atoms with Gasteiger partial charge in [-0.2, -0.15) is 0 Å². The van der Waals surface area contributed by atoms with Crippen LogP contribution in [0.25, 0.3) is 0 Å². The first-order chi connectivity index (χ1) is 7.69. The fourth-order valence-electron chi connectivity index (χ4n) is 1.27. The Kier molecular flexibility index (Phi) is 5.05. The summed E-state index contributed by atoms with van der Waals surface area (Å²) in [5.74, 6) is 0.824. The number of hydrogen-bond donors (Lipinski definition) is 1. The highest BCUT2D eigenvalue weighted by Gasteiger charge is 2.13. The number of alkyl halides is 1. The molecule has 0 aliphatic rings. The van der Waals surface area contributed by atoms with Crippen molar-refractivity contribution in [3.63, 3.8) is 0 Å². The van der Waals surface area contributed by atoms with Crippen molar-refractivity contribution in [1.82, 2.24) is 10.3 Å². The van der Waals surface area contributed by atoms with E-state index in [2.05, 4.69) is 10.3 Å². The van der Waals surface area contributed by atoms with Crippen LogP contribution in [0.4, 0.5) is 0 Å². The molecule has 1 atom stereocenters. The lowest BCUT2D eigenvalue weighted by atomic mass is 10.2. The summed E-state index contributed by atoms with van der Waals surface area (Å²) in [6.45, 7) is 1.91. The van der Waals surface area contributed by atoms with Crippen LogP contribution in [0.3, 0.4) is 0 Å². The van der Waals surface area contributed by atoms with Gasteiger partial charge in [-0.3, -0.25) is 9.78 Å². The minimum atomic E-state index is -0.170. The first-order valence-electron chi connectivity index (χ1n) is 5.04. The topological polar surface area (TPSA) is 51.2 Å². The lowest BCUT2D eigenvalue weighted by molar-refractivity contribution is 0.0936. The van der Waals surface area contributed by atoms with Gasteiger partial charge in [-0.15, -0.1) is 11.6 Å². The number of rotatable bonds is 5. The van der Waals surface area contributed by atoms with Gasteiger partial charge < -0.3 is 10.1 Å². The molecule has 1 N–H and O–H groups in total. The van der Waals surface area contributed by atoms with Gasteiger partial charge in [0.1, 0.15) is 5.75 Å². The van der Waals surface area contributed by atoms with E-state index in [4.69, 9.17) is 16.3 Å². The Hall–Kier alpha value is -1.29. The molecule has 0 saturated carbocycles. The third kappa shape index (κ3) is 3.38. The summed E-state index contributed by atoms with van der Waals surface area (Å²) in [5.41, 5.74) is 0.485. The molecule has 0 radical (unpaired) electrons. The molecule has 5 heteroatoms. The summed E-state index contributed by atoms with van der Waals surface area (Å²) in [6, 6.07) is 1.67. The lowest BCUT2D eigenvalue weighted by Crippen LogP contribution is -2.33. The van der Waals surface area contributed by atoms with Gasteiger partial charge in [0, 0.05) is 18.1 Å². The molecule has 1 unspecified atom stereocenters. The Morgan fingerprint density at radius 1 is 1.69 bits per heavy atom. The Morgan fingerprint density at radius 3 is 3.06 bits per heavy atom. The molecule has 1 aromatic rings. The lowest BCUT2D eigenvalue weighted by Gasteiger charge is -2.13. The van der Waals surface area contributed by atoms with Gasteiger partial charge in [0.2, 0.25) is 0 Å². The Morgan fingerprint density at radius 2 is 2.44 bits per heavy atom. The van der Waals surface area contributed by atoms with Crippen LogP contribution in [0.2, 0.25) is 0 Å². The number of pyridine rings is 1. The van der Waals surface area contributed by atoms with Crippen molar-refractivity contribution >= 4 is 17.5 Å². The zero-order chi connectivity index (χ0) is 12.0. The van der Waals surface area contributed by atoms with Crippen molar-refractivity contribution in [2.75, 3.05) is 13.0 Å². The maximum atomic E-state index is 11.8. The third-order valence-corrected chi connectivity index (χ3v) is 2.39. The summed E-state index contributed by atoms with van der Waals surface area (Å²) in [4.78, 5) is 15.7. The van der Waals surface area contributed by atoms with Crippen LogP contribution in [0.1, 0.15) is 23.7 Å². The number of methoxy groups -OCH3 is 1. The molecule has 16 heavy (non-hydrogen) atoms. The summed E-state index contributed by atoms with van der Waals surface area (Å²) in [6.07, 6.45) is 3.81. The highest BCUT2D eigenvalue weighted by Crippen LogP contribution is 2.15. The van der Waals surface area contributed by atoms with Crippen molar-refractivity contribution in [3.05, 3.63) is 24.0 Å². The van der Waals surface area contributed by atoms with Crippen molar-refractivity contribution in [1.29, 1.82) is 0 Å². The fourth-order valence-corrected chi connectivity index (χ4v) is 1.59. The van der Waals surface area contributed by atoms with Crippen LogP contribution in [-0.2, 0) is 0 Å². The number of halogens is 1. The second-order valence-corrected chi connectivity index (χ2v) is 3.81. The van der Waals surface area contributed by atoms with Gasteiger partial charge >= 0.3 is 0 Å². The summed E-state index contributed by atoms with van der Waals surface area (Å²) in [5, 5.41) is 2.84. The van der Waals surface area contributed by atoms with E-state index in [1.165, 1.54) is 13.3 Å². The number of amides is 1. The number of nitrogens with one attached hydrogen (secondary N) is 1. The number of aromatic nitrogens is 1. The molecule has 0 aromatic carbocycles. The molecule has 4 nitrogen and oxygen atoms in total. The second kappa shape index (κ2) is 6.33. The first-order valence-corrected chi connectivity index (χ1v) is 5.57. The van der Waals surface area contributed by atoms with Crippen molar-refractivity contribution in [2.45, 2.75) is 19.4 Å². The highest BCUT2D eigenvalue weighted by atomic mass is 35.5. The molecule has 0 aliphatic carbocycles. The first kappa shape index (κ1) is 12.8. The smallest absolute Gasteiger partial charge is 0.255 e. The van der Waals surface area contributed by atoms with E-state index < -0.39 is 0 Å². The van der Waals surface area contributed by atoms with Gasteiger partial charge in [-0.25, -0.2) is 0 Å². The van der Waals surface area contributed by atoms with Crippen LogP contribution in [-0.4, -0.2) is 29.9 Å². The van der Waals surface area contributed by atoms with Crippen molar-refractivity contribution in [3.8, 4) is 5.75 Å². The van der Waals surface area contributed by atoms with Gasteiger partial charge in [-0.05, 0) is 19.4 Å². The van der Waals surface area contributed by atoms with Gasteiger partial charge in [-0.1, -0.05) is 0 Å². The normalized spacial score (nSPS) is 11.9.